The highest BCUT2D eigenvalue weighted by molar-refractivity contribution is 6.49. The molecule has 43 heavy (non-hydrogen) atoms. The third kappa shape index (κ3) is 6.55. The van der Waals surface area contributed by atoms with Crippen LogP contribution in [0.1, 0.15) is 57.5 Å². The van der Waals surface area contributed by atoms with E-state index in [0.29, 0.717) is 46.9 Å². The molecule has 0 saturated carbocycles. The van der Waals surface area contributed by atoms with Gasteiger partial charge in [-0.05, 0) is 30.5 Å². The van der Waals surface area contributed by atoms with Crippen LogP contribution < -0.4 is 10.1 Å². The predicted molar refractivity (Wildman–Crippen MR) is 167 cm³/mol. The van der Waals surface area contributed by atoms with Gasteiger partial charge in [-0.25, -0.2) is 9.97 Å². The van der Waals surface area contributed by atoms with E-state index in [-0.39, 0.29) is 18.6 Å². The lowest BCUT2D eigenvalue weighted by Crippen LogP contribution is -2.50. The van der Waals surface area contributed by atoms with Gasteiger partial charge in [0.1, 0.15) is 17.4 Å². The Morgan fingerprint density at radius 2 is 1.88 bits per heavy atom. The molecule has 226 valence electrons. The first-order valence-corrected chi connectivity index (χ1v) is 15.4. The number of anilines is 1. The molecule has 0 radical (unpaired) electrons. The lowest BCUT2D eigenvalue weighted by atomic mass is 10.0. The Morgan fingerprint density at radius 3 is 2.60 bits per heavy atom. The van der Waals surface area contributed by atoms with E-state index in [9.17, 15) is 9.90 Å². The number of hydrogen-bond acceptors (Lipinski definition) is 8. The number of allylic oxidation sites excluding steroid dienone is 1. The average Bonchev–Trinajstić information content (AvgIpc) is 3.44. The molecule has 1 aromatic heterocycles. The second kappa shape index (κ2) is 13.4. The number of morpholine rings is 1. The van der Waals surface area contributed by atoms with Gasteiger partial charge in [0.2, 0.25) is 0 Å². The first-order chi connectivity index (χ1) is 21.0. The van der Waals surface area contributed by atoms with Gasteiger partial charge in [-0.3, -0.25) is 9.69 Å². The van der Waals surface area contributed by atoms with Crippen LogP contribution in [0.2, 0.25) is 0 Å². The maximum atomic E-state index is 13.4. The molecule has 0 spiro atoms. The molecular formula is C33H38ClN5O4. The van der Waals surface area contributed by atoms with Crippen LogP contribution in [0.3, 0.4) is 0 Å². The summed E-state index contributed by atoms with van der Waals surface area (Å²) in [6.45, 7) is 4.93. The van der Waals surface area contributed by atoms with Crippen LogP contribution in [0.25, 0.3) is 5.03 Å². The molecule has 1 aliphatic carbocycles. The topological polar surface area (TPSA) is 100 Å². The van der Waals surface area contributed by atoms with Gasteiger partial charge in [0, 0.05) is 61.2 Å². The van der Waals surface area contributed by atoms with Gasteiger partial charge < -0.3 is 24.8 Å². The summed E-state index contributed by atoms with van der Waals surface area (Å²) in [5, 5.41) is 14.2. The number of nitrogens with zero attached hydrogens (tertiary/aromatic N) is 4. The van der Waals surface area contributed by atoms with Crippen molar-refractivity contribution in [1.82, 2.24) is 19.8 Å². The summed E-state index contributed by atoms with van der Waals surface area (Å²) in [5.41, 5.74) is 4.06. The summed E-state index contributed by atoms with van der Waals surface area (Å²) in [7, 11) is 1.62. The molecule has 2 saturated heterocycles. The van der Waals surface area contributed by atoms with E-state index in [0.717, 1.165) is 74.6 Å². The maximum Gasteiger partial charge on any atom is 0.253 e. The Hall–Kier alpha value is -3.50. The number of likely N-dealkylation sites (tertiary alicyclic amines) is 1. The first kappa shape index (κ1) is 29.6. The highest BCUT2D eigenvalue weighted by Gasteiger charge is 2.29. The number of piperidine rings is 1. The third-order valence-corrected chi connectivity index (χ3v) is 8.98. The Kier molecular flexibility index (Phi) is 9.23. The fraction of sp³-hybridized carbons (Fsp3) is 0.424. The van der Waals surface area contributed by atoms with Gasteiger partial charge in [-0.15, -0.1) is 0 Å². The molecule has 1 amide bonds. The number of ether oxygens (including phenoxy) is 2. The number of carbonyl (C=O) groups excluding carboxylic acids is 1. The number of nitrogens with one attached hydrogen (secondary N) is 1. The van der Waals surface area contributed by atoms with Crippen molar-refractivity contribution < 1.29 is 19.4 Å². The summed E-state index contributed by atoms with van der Waals surface area (Å²) >= 11 is 6.55. The number of rotatable bonds is 9. The summed E-state index contributed by atoms with van der Waals surface area (Å²) in [4.78, 5) is 27.6. The van der Waals surface area contributed by atoms with Gasteiger partial charge in [0.15, 0.2) is 0 Å². The monoisotopic (exact) mass is 603 g/mol. The Bertz CT molecular complexity index is 1470. The number of carbonyl (C=O) groups is 1. The number of aliphatic hydroxyl groups is 1. The zero-order valence-electron chi connectivity index (χ0n) is 24.5. The highest BCUT2D eigenvalue weighted by atomic mass is 35.5. The van der Waals surface area contributed by atoms with Gasteiger partial charge >= 0.3 is 0 Å². The minimum absolute atomic E-state index is 0.0298. The fourth-order valence-corrected chi connectivity index (χ4v) is 6.54. The van der Waals surface area contributed by atoms with Crippen molar-refractivity contribution in [3.05, 3.63) is 88.4 Å². The Labute approximate surface area is 257 Å². The van der Waals surface area contributed by atoms with Crippen molar-refractivity contribution in [2.45, 2.75) is 37.8 Å². The molecule has 3 aliphatic rings. The van der Waals surface area contributed by atoms with E-state index in [2.05, 4.69) is 10.2 Å². The van der Waals surface area contributed by atoms with Crippen molar-refractivity contribution in [2.24, 2.45) is 0 Å². The van der Waals surface area contributed by atoms with E-state index < -0.39 is 0 Å². The predicted octanol–water partition coefficient (Wildman–Crippen LogP) is 4.29. The molecule has 2 aromatic carbocycles. The Balaban J connectivity index is 1.18. The maximum absolute atomic E-state index is 13.4. The van der Waals surface area contributed by atoms with Gasteiger partial charge in [0.05, 0.1) is 44.2 Å². The van der Waals surface area contributed by atoms with E-state index in [4.69, 9.17) is 31.0 Å². The SMILES string of the molecule is COc1cc(C(=O)N2CCC(N3CCOCC3)CC2)ccc1Cc1nc2c(c(N[C@@H](CO)c3ccccc3)n1)C(Cl)=CC2. The van der Waals surface area contributed by atoms with Crippen molar-refractivity contribution in [3.8, 4) is 5.75 Å². The molecule has 0 unspecified atom stereocenters. The quantitative estimate of drug-likeness (QED) is 0.374. The third-order valence-electron chi connectivity index (χ3n) is 8.64. The standard InChI is InChI=1S/C33H38ClN5O4/c1-42-29-19-24(33(41)39-13-11-25(12-14-39)38-15-17-43-18-16-38)8-7-23(29)20-30-35-27-10-9-26(34)31(27)32(37-30)36-28(21-40)22-5-3-2-4-6-22/h2-9,19,25,28,40H,10-18,20-21H2,1H3,(H,35,36,37)/t28-/m0/s1. The second-order valence-corrected chi connectivity index (χ2v) is 11.6. The largest absolute Gasteiger partial charge is 0.496 e. The zero-order chi connectivity index (χ0) is 29.8. The molecule has 3 heterocycles. The summed E-state index contributed by atoms with van der Waals surface area (Å²) in [6, 6.07) is 15.6. The molecular weight excluding hydrogens is 566 g/mol. The van der Waals surface area contributed by atoms with E-state index in [1.807, 2.05) is 59.5 Å². The van der Waals surface area contributed by atoms with E-state index in [1.54, 1.807) is 7.11 Å². The van der Waals surface area contributed by atoms with Crippen LogP contribution in [-0.2, 0) is 17.6 Å². The molecule has 9 nitrogen and oxygen atoms in total. The zero-order valence-corrected chi connectivity index (χ0v) is 25.2. The van der Waals surface area contributed by atoms with Crippen LogP contribution in [0.15, 0.2) is 54.6 Å². The van der Waals surface area contributed by atoms with Crippen molar-refractivity contribution in [1.29, 1.82) is 0 Å². The average molecular weight is 604 g/mol. The number of aromatic nitrogens is 2. The molecule has 2 fully saturated rings. The number of methoxy groups -OCH3 is 1. The van der Waals surface area contributed by atoms with Gasteiger partial charge in [-0.1, -0.05) is 54.1 Å². The number of benzene rings is 2. The number of halogens is 1. The Morgan fingerprint density at radius 1 is 1.12 bits per heavy atom. The van der Waals surface area contributed by atoms with E-state index >= 15 is 0 Å². The van der Waals surface area contributed by atoms with E-state index in [1.165, 1.54) is 0 Å². The fourth-order valence-electron chi connectivity index (χ4n) is 6.27. The second-order valence-electron chi connectivity index (χ2n) is 11.2. The molecule has 1 atom stereocenters. The number of amides is 1. The van der Waals surface area contributed by atoms with Crippen molar-refractivity contribution in [3.63, 3.8) is 0 Å². The molecule has 2 aliphatic heterocycles. The van der Waals surface area contributed by atoms with Gasteiger partial charge in [-0.2, -0.15) is 0 Å². The lowest BCUT2D eigenvalue weighted by Gasteiger charge is -2.40. The number of aliphatic hydroxyl groups excluding tert-OH is 1. The van der Waals surface area contributed by atoms with Crippen LogP contribution in [0.5, 0.6) is 5.75 Å². The first-order valence-electron chi connectivity index (χ1n) is 15.0. The summed E-state index contributed by atoms with van der Waals surface area (Å²) in [6.07, 6.45) is 4.91. The number of hydrogen-bond donors (Lipinski definition) is 2. The number of fused-ring (bicyclic) bond motifs is 1. The minimum Gasteiger partial charge on any atom is -0.496 e. The van der Waals surface area contributed by atoms with Crippen LogP contribution in [0, 0.1) is 0 Å². The molecule has 2 N–H and O–H groups in total. The molecule has 0 bridgehead atoms. The smallest absolute Gasteiger partial charge is 0.253 e. The van der Waals surface area contributed by atoms with Crippen LogP contribution >= 0.6 is 11.6 Å². The summed E-state index contributed by atoms with van der Waals surface area (Å²) in [5.74, 6) is 1.85. The van der Waals surface area contributed by atoms with Crippen molar-refractivity contribution >= 4 is 28.4 Å². The molecule has 10 heteroatoms. The summed E-state index contributed by atoms with van der Waals surface area (Å²) < 4.78 is 11.2. The van der Waals surface area contributed by atoms with Gasteiger partial charge in [0.25, 0.3) is 5.91 Å². The highest BCUT2D eigenvalue weighted by Crippen LogP contribution is 2.36. The van der Waals surface area contributed by atoms with Crippen LogP contribution in [-0.4, -0.2) is 89.9 Å². The lowest BCUT2D eigenvalue weighted by molar-refractivity contribution is 0.00158. The molecule has 6 rings (SSSR count). The molecule has 3 aromatic rings. The van der Waals surface area contributed by atoms with Crippen LogP contribution in [0.4, 0.5) is 5.82 Å². The normalized spacial score (nSPS) is 18.2. The minimum atomic E-state index is -0.350. The van der Waals surface area contributed by atoms with Crippen molar-refractivity contribution in [2.75, 3.05) is 58.4 Å².